The molecule has 0 aromatic carbocycles. The van der Waals surface area contributed by atoms with Crippen LogP contribution in [0.4, 0.5) is 5.95 Å². The fraction of sp³-hybridized carbons (Fsp3) is 0.800. The van der Waals surface area contributed by atoms with Crippen molar-refractivity contribution in [3.8, 4) is 0 Å². The summed E-state index contributed by atoms with van der Waals surface area (Å²) in [6.07, 6.45) is 0.217. The number of nitrogens with one attached hydrogen (secondary N) is 1. The van der Waals surface area contributed by atoms with Gasteiger partial charge in [0.15, 0.2) is 5.82 Å². The summed E-state index contributed by atoms with van der Waals surface area (Å²) >= 11 is 0. The van der Waals surface area contributed by atoms with Gasteiger partial charge in [-0.15, -0.1) is 10.2 Å². The van der Waals surface area contributed by atoms with Crippen molar-refractivity contribution >= 4 is 5.95 Å². The van der Waals surface area contributed by atoms with E-state index >= 15 is 0 Å². The molecule has 0 aliphatic carbocycles. The van der Waals surface area contributed by atoms with Gasteiger partial charge >= 0.3 is 0 Å². The molecule has 1 aromatic rings. The Bertz CT molecular complexity index is 296. The van der Waals surface area contributed by atoms with Crippen LogP contribution in [0.5, 0.6) is 0 Å². The van der Waals surface area contributed by atoms with Gasteiger partial charge in [0, 0.05) is 13.1 Å². The van der Waals surface area contributed by atoms with Crippen molar-refractivity contribution in [3.05, 3.63) is 5.82 Å². The Labute approximate surface area is 90.8 Å². The van der Waals surface area contributed by atoms with Gasteiger partial charge in [-0.1, -0.05) is 0 Å². The standard InChI is InChI=1S/C10H20N4O/c1-5-11-10-13-12-9(14(10)6-2)7-15-8(3)4/h8H,5-7H2,1-4H3,(H,11,13). The molecule has 0 fully saturated rings. The van der Waals surface area contributed by atoms with Crippen LogP contribution in [0, 0.1) is 0 Å². The van der Waals surface area contributed by atoms with Crippen LogP contribution in [0.2, 0.25) is 0 Å². The Morgan fingerprint density at radius 3 is 2.60 bits per heavy atom. The molecule has 1 N–H and O–H groups in total. The molecule has 0 aliphatic heterocycles. The van der Waals surface area contributed by atoms with Crippen LogP contribution in [-0.2, 0) is 17.9 Å². The van der Waals surface area contributed by atoms with Crippen LogP contribution in [0.25, 0.3) is 0 Å². The first-order valence-electron chi connectivity index (χ1n) is 5.46. The molecule has 0 atom stereocenters. The van der Waals surface area contributed by atoms with Crippen molar-refractivity contribution in [3.63, 3.8) is 0 Å². The van der Waals surface area contributed by atoms with Crippen LogP contribution in [-0.4, -0.2) is 27.4 Å². The lowest BCUT2D eigenvalue weighted by molar-refractivity contribution is 0.0594. The molecular weight excluding hydrogens is 192 g/mol. The summed E-state index contributed by atoms with van der Waals surface area (Å²) in [5, 5.41) is 11.3. The topological polar surface area (TPSA) is 52.0 Å². The predicted octanol–water partition coefficient (Wildman–Crippen LogP) is 1.65. The van der Waals surface area contributed by atoms with Gasteiger partial charge in [-0.3, -0.25) is 4.57 Å². The number of hydrogen-bond acceptors (Lipinski definition) is 4. The Kier molecular flexibility index (Phi) is 4.55. The van der Waals surface area contributed by atoms with Gasteiger partial charge in [0.25, 0.3) is 0 Å². The maximum absolute atomic E-state index is 5.51. The Morgan fingerprint density at radius 2 is 2.07 bits per heavy atom. The maximum atomic E-state index is 5.51. The van der Waals surface area contributed by atoms with E-state index in [0.29, 0.717) is 6.61 Å². The average Bonchev–Trinajstić information content (AvgIpc) is 2.58. The van der Waals surface area contributed by atoms with E-state index in [4.69, 9.17) is 4.74 Å². The summed E-state index contributed by atoms with van der Waals surface area (Å²) in [6, 6.07) is 0. The van der Waals surface area contributed by atoms with E-state index in [0.717, 1.165) is 24.9 Å². The molecule has 0 saturated heterocycles. The molecule has 0 spiro atoms. The monoisotopic (exact) mass is 212 g/mol. The summed E-state index contributed by atoms with van der Waals surface area (Å²) in [5.74, 6) is 1.70. The highest BCUT2D eigenvalue weighted by Crippen LogP contribution is 2.09. The molecule has 86 valence electrons. The summed E-state index contributed by atoms with van der Waals surface area (Å²) in [4.78, 5) is 0. The molecule has 1 aromatic heterocycles. The molecule has 5 heteroatoms. The van der Waals surface area contributed by atoms with Crippen molar-refractivity contribution in [2.24, 2.45) is 0 Å². The highest BCUT2D eigenvalue weighted by molar-refractivity contribution is 5.25. The highest BCUT2D eigenvalue weighted by atomic mass is 16.5. The predicted molar refractivity (Wildman–Crippen MR) is 59.8 cm³/mol. The van der Waals surface area contributed by atoms with E-state index in [1.165, 1.54) is 0 Å². The second-order valence-electron chi connectivity index (χ2n) is 3.57. The number of hydrogen-bond donors (Lipinski definition) is 1. The van der Waals surface area contributed by atoms with Gasteiger partial charge in [-0.05, 0) is 27.7 Å². The number of anilines is 1. The Hall–Kier alpha value is -1.10. The molecule has 0 aliphatic rings. The third-order valence-corrected chi connectivity index (χ3v) is 2.02. The summed E-state index contributed by atoms with van der Waals surface area (Å²) < 4.78 is 7.54. The fourth-order valence-electron chi connectivity index (χ4n) is 1.30. The fourth-order valence-corrected chi connectivity index (χ4v) is 1.30. The first kappa shape index (κ1) is 12.0. The zero-order valence-corrected chi connectivity index (χ0v) is 9.95. The van der Waals surface area contributed by atoms with Gasteiger partial charge in [-0.25, -0.2) is 0 Å². The third kappa shape index (κ3) is 3.20. The van der Waals surface area contributed by atoms with Crippen molar-refractivity contribution in [1.82, 2.24) is 14.8 Å². The summed E-state index contributed by atoms with van der Waals surface area (Å²) in [5.41, 5.74) is 0. The van der Waals surface area contributed by atoms with Gasteiger partial charge in [0.05, 0.1) is 6.10 Å². The maximum Gasteiger partial charge on any atom is 0.224 e. The number of aromatic nitrogens is 3. The summed E-state index contributed by atoms with van der Waals surface area (Å²) in [7, 11) is 0. The number of rotatable bonds is 6. The van der Waals surface area contributed by atoms with Gasteiger partial charge in [0.2, 0.25) is 5.95 Å². The minimum atomic E-state index is 0.217. The van der Waals surface area contributed by atoms with E-state index in [2.05, 4.69) is 22.4 Å². The Morgan fingerprint density at radius 1 is 1.33 bits per heavy atom. The molecule has 0 bridgehead atoms. The molecule has 5 nitrogen and oxygen atoms in total. The normalized spacial score (nSPS) is 11.0. The lowest BCUT2D eigenvalue weighted by atomic mass is 10.5. The van der Waals surface area contributed by atoms with Crippen molar-refractivity contribution < 1.29 is 4.74 Å². The first-order valence-corrected chi connectivity index (χ1v) is 5.46. The molecule has 0 amide bonds. The van der Waals surface area contributed by atoms with Gasteiger partial charge in [-0.2, -0.15) is 0 Å². The van der Waals surface area contributed by atoms with Crippen molar-refractivity contribution in [2.75, 3.05) is 11.9 Å². The molecule has 0 unspecified atom stereocenters. The van der Waals surface area contributed by atoms with Crippen molar-refractivity contribution in [2.45, 2.75) is 47.0 Å². The van der Waals surface area contributed by atoms with Crippen LogP contribution in [0.1, 0.15) is 33.5 Å². The molecule has 1 heterocycles. The molecule has 1 rings (SSSR count). The minimum Gasteiger partial charge on any atom is -0.371 e. The average molecular weight is 212 g/mol. The quantitative estimate of drug-likeness (QED) is 0.779. The third-order valence-electron chi connectivity index (χ3n) is 2.02. The van der Waals surface area contributed by atoms with Gasteiger partial charge < -0.3 is 10.1 Å². The van der Waals surface area contributed by atoms with Crippen LogP contribution < -0.4 is 5.32 Å². The van der Waals surface area contributed by atoms with Crippen LogP contribution in [0.15, 0.2) is 0 Å². The molecule has 0 saturated carbocycles. The van der Waals surface area contributed by atoms with E-state index in [-0.39, 0.29) is 6.10 Å². The van der Waals surface area contributed by atoms with Gasteiger partial charge in [0.1, 0.15) is 6.61 Å². The summed E-state index contributed by atoms with van der Waals surface area (Å²) in [6.45, 7) is 10.4. The van der Waals surface area contributed by atoms with E-state index in [1.807, 2.05) is 25.3 Å². The largest absolute Gasteiger partial charge is 0.371 e. The van der Waals surface area contributed by atoms with Crippen LogP contribution in [0.3, 0.4) is 0 Å². The van der Waals surface area contributed by atoms with E-state index in [9.17, 15) is 0 Å². The smallest absolute Gasteiger partial charge is 0.224 e. The first-order chi connectivity index (χ1) is 7.19. The minimum absolute atomic E-state index is 0.217. The second kappa shape index (κ2) is 5.70. The van der Waals surface area contributed by atoms with Crippen LogP contribution >= 0.6 is 0 Å². The number of ether oxygens (including phenoxy) is 1. The lowest BCUT2D eigenvalue weighted by Gasteiger charge is -2.09. The molecule has 0 radical (unpaired) electrons. The van der Waals surface area contributed by atoms with E-state index in [1.54, 1.807) is 0 Å². The lowest BCUT2D eigenvalue weighted by Crippen LogP contribution is -2.11. The zero-order valence-electron chi connectivity index (χ0n) is 9.95. The molecular formula is C10H20N4O. The zero-order chi connectivity index (χ0) is 11.3. The van der Waals surface area contributed by atoms with E-state index < -0.39 is 0 Å². The Balaban J connectivity index is 2.70. The van der Waals surface area contributed by atoms with Crippen molar-refractivity contribution in [1.29, 1.82) is 0 Å². The second-order valence-corrected chi connectivity index (χ2v) is 3.57. The number of nitrogens with zero attached hydrogens (tertiary/aromatic N) is 3. The highest BCUT2D eigenvalue weighted by Gasteiger charge is 2.10. The SMILES string of the molecule is CCNc1nnc(COC(C)C)n1CC. The molecule has 15 heavy (non-hydrogen) atoms.